The lowest BCUT2D eigenvalue weighted by molar-refractivity contribution is 0.508. The van der Waals surface area contributed by atoms with Crippen molar-refractivity contribution in [3.63, 3.8) is 0 Å². The summed E-state index contributed by atoms with van der Waals surface area (Å²) in [6.07, 6.45) is 6.07. The molecular formula is C13H10O. The zero-order valence-electron chi connectivity index (χ0n) is 7.68. The molecule has 1 aromatic carbocycles. The largest absolute Gasteiger partial charge is 0.468 e. The quantitative estimate of drug-likeness (QED) is 0.658. The van der Waals surface area contributed by atoms with Crippen molar-refractivity contribution < 1.29 is 4.42 Å². The summed E-state index contributed by atoms with van der Waals surface area (Å²) in [4.78, 5) is 0. The van der Waals surface area contributed by atoms with E-state index >= 15 is 0 Å². The molecule has 0 aliphatic heterocycles. The Morgan fingerprint density at radius 2 is 1.93 bits per heavy atom. The molecule has 1 aromatic heterocycles. The second-order valence-corrected chi connectivity index (χ2v) is 3.48. The first-order valence-corrected chi connectivity index (χ1v) is 4.76. The van der Waals surface area contributed by atoms with Crippen LogP contribution in [0.5, 0.6) is 0 Å². The first-order valence-electron chi connectivity index (χ1n) is 4.76. The molecule has 2 aromatic rings. The van der Waals surface area contributed by atoms with Gasteiger partial charge in [-0.05, 0) is 23.3 Å². The van der Waals surface area contributed by atoms with Crippen LogP contribution in [0.25, 0.3) is 6.08 Å². The van der Waals surface area contributed by atoms with Gasteiger partial charge in [-0.1, -0.05) is 36.4 Å². The summed E-state index contributed by atoms with van der Waals surface area (Å²) in [5.41, 5.74) is 2.64. The highest BCUT2D eigenvalue weighted by Gasteiger charge is 2.20. The van der Waals surface area contributed by atoms with Crippen molar-refractivity contribution in [2.45, 2.75) is 5.92 Å². The Morgan fingerprint density at radius 3 is 2.79 bits per heavy atom. The summed E-state index contributed by atoms with van der Waals surface area (Å²) in [5.74, 6) is 1.33. The molecule has 1 nitrogen and oxygen atoms in total. The van der Waals surface area contributed by atoms with Crippen molar-refractivity contribution in [2.75, 3.05) is 0 Å². The molecule has 0 N–H and O–H groups in total. The van der Waals surface area contributed by atoms with E-state index in [2.05, 4.69) is 36.4 Å². The minimum atomic E-state index is 0.307. The third-order valence-electron chi connectivity index (χ3n) is 2.65. The zero-order valence-corrected chi connectivity index (χ0v) is 7.68. The number of allylic oxidation sites excluding steroid dienone is 1. The number of rotatable bonds is 1. The van der Waals surface area contributed by atoms with Crippen LogP contribution < -0.4 is 0 Å². The lowest BCUT2D eigenvalue weighted by Crippen LogP contribution is -1.92. The standard InChI is InChI=1S/C13H10O/c1-2-5-11-10(4-1)7-8-12(11)13-6-3-9-14-13/h1-9,12H. The Balaban J connectivity index is 2.11. The maximum atomic E-state index is 5.42. The molecular weight excluding hydrogens is 172 g/mol. The molecule has 0 radical (unpaired) electrons. The van der Waals surface area contributed by atoms with Gasteiger partial charge < -0.3 is 4.42 Å². The molecule has 1 heterocycles. The second-order valence-electron chi connectivity index (χ2n) is 3.48. The predicted octanol–water partition coefficient (Wildman–Crippen LogP) is 3.44. The third-order valence-corrected chi connectivity index (χ3v) is 2.65. The van der Waals surface area contributed by atoms with E-state index in [1.54, 1.807) is 6.26 Å². The minimum absolute atomic E-state index is 0.307. The molecule has 68 valence electrons. The van der Waals surface area contributed by atoms with E-state index in [9.17, 15) is 0 Å². The maximum absolute atomic E-state index is 5.42. The highest BCUT2D eigenvalue weighted by molar-refractivity contribution is 5.64. The second kappa shape index (κ2) is 2.88. The van der Waals surface area contributed by atoms with Gasteiger partial charge in [0.1, 0.15) is 5.76 Å². The van der Waals surface area contributed by atoms with Gasteiger partial charge in [0.05, 0.1) is 12.2 Å². The summed E-state index contributed by atoms with van der Waals surface area (Å²) in [7, 11) is 0. The van der Waals surface area contributed by atoms with Crippen LogP contribution in [0.4, 0.5) is 0 Å². The molecule has 1 unspecified atom stereocenters. The summed E-state index contributed by atoms with van der Waals surface area (Å²) in [5, 5.41) is 0. The van der Waals surface area contributed by atoms with E-state index in [0.29, 0.717) is 5.92 Å². The smallest absolute Gasteiger partial charge is 0.115 e. The van der Waals surface area contributed by atoms with Gasteiger partial charge in [0.15, 0.2) is 0 Å². The van der Waals surface area contributed by atoms with Crippen LogP contribution in [0, 0.1) is 0 Å². The minimum Gasteiger partial charge on any atom is -0.468 e. The van der Waals surface area contributed by atoms with Crippen molar-refractivity contribution in [2.24, 2.45) is 0 Å². The van der Waals surface area contributed by atoms with Crippen molar-refractivity contribution >= 4 is 6.08 Å². The highest BCUT2D eigenvalue weighted by atomic mass is 16.3. The molecule has 0 bridgehead atoms. The zero-order chi connectivity index (χ0) is 9.38. The third kappa shape index (κ3) is 1.02. The van der Waals surface area contributed by atoms with E-state index < -0.39 is 0 Å². The number of hydrogen-bond donors (Lipinski definition) is 0. The highest BCUT2D eigenvalue weighted by Crippen LogP contribution is 2.34. The Kier molecular flexibility index (Phi) is 1.57. The Morgan fingerprint density at radius 1 is 1.00 bits per heavy atom. The van der Waals surface area contributed by atoms with Crippen LogP contribution in [0.15, 0.2) is 53.2 Å². The van der Waals surface area contributed by atoms with Crippen LogP contribution in [0.1, 0.15) is 22.8 Å². The van der Waals surface area contributed by atoms with Crippen LogP contribution in [0.2, 0.25) is 0 Å². The number of fused-ring (bicyclic) bond motifs is 1. The van der Waals surface area contributed by atoms with Crippen LogP contribution in [-0.2, 0) is 0 Å². The van der Waals surface area contributed by atoms with Crippen LogP contribution in [-0.4, -0.2) is 0 Å². The molecule has 1 aliphatic rings. The lowest BCUT2D eigenvalue weighted by atomic mass is 9.99. The summed E-state index contributed by atoms with van der Waals surface area (Å²) < 4.78 is 5.42. The summed E-state index contributed by atoms with van der Waals surface area (Å²) in [6.45, 7) is 0. The van der Waals surface area contributed by atoms with Crippen molar-refractivity contribution in [1.29, 1.82) is 0 Å². The Labute approximate surface area is 82.7 Å². The average molecular weight is 182 g/mol. The van der Waals surface area contributed by atoms with E-state index in [1.165, 1.54) is 11.1 Å². The Bertz CT molecular complexity index is 466. The van der Waals surface area contributed by atoms with Gasteiger partial charge >= 0.3 is 0 Å². The summed E-state index contributed by atoms with van der Waals surface area (Å²) >= 11 is 0. The molecule has 0 saturated carbocycles. The number of hydrogen-bond acceptors (Lipinski definition) is 1. The monoisotopic (exact) mass is 182 g/mol. The fraction of sp³-hybridized carbons (Fsp3) is 0.0769. The van der Waals surface area contributed by atoms with Crippen LogP contribution >= 0.6 is 0 Å². The van der Waals surface area contributed by atoms with Crippen molar-refractivity contribution in [1.82, 2.24) is 0 Å². The van der Waals surface area contributed by atoms with Gasteiger partial charge in [-0.25, -0.2) is 0 Å². The number of furan rings is 1. The molecule has 0 fully saturated rings. The molecule has 14 heavy (non-hydrogen) atoms. The van der Waals surface area contributed by atoms with E-state index in [1.807, 2.05) is 12.1 Å². The Hall–Kier alpha value is -1.76. The average Bonchev–Trinajstić information content (AvgIpc) is 2.85. The van der Waals surface area contributed by atoms with E-state index in [4.69, 9.17) is 4.42 Å². The first kappa shape index (κ1) is 7.63. The van der Waals surface area contributed by atoms with Gasteiger partial charge in [-0.15, -0.1) is 0 Å². The first-order chi connectivity index (χ1) is 6.95. The lowest BCUT2D eigenvalue weighted by Gasteiger charge is -2.06. The fourth-order valence-corrected chi connectivity index (χ4v) is 1.97. The fourth-order valence-electron chi connectivity index (χ4n) is 1.97. The molecule has 0 saturated heterocycles. The molecule has 0 spiro atoms. The van der Waals surface area contributed by atoms with Gasteiger partial charge in [0.25, 0.3) is 0 Å². The SMILES string of the molecule is C1=CC(c2ccco2)c2ccccc21. The van der Waals surface area contributed by atoms with E-state index in [0.717, 1.165) is 5.76 Å². The van der Waals surface area contributed by atoms with Gasteiger partial charge in [0.2, 0.25) is 0 Å². The summed E-state index contributed by atoms with van der Waals surface area (Å²) in [6, 6.07) is 12.4. The normalized spacial score (nSPS) is 18.4. The van der Waals surface area contributed by atoms with Gasteiger partial charge in [-0.2, -0.15) is 0 Å². The van der Waals surface area contributed by atoms with Crippen molar-refractivity contribution in [3.05, 3.63) is 65.6 Å². The molecule has 1 aliphatic carbocycles. The van der Waals surface area contributed by atoms with E-state index in [-0.39, 0.29) is 0 Å². The van der Waals surface area contributed by atoms with Gasteiger partial charge in [0, 0.05) is 0 Å². The maximum Gasteiger partial charge on any atom is 0.115 e. The molecule has 1 heteroatoms. The van der Waals surface area contributed by atoms with Gasteiger partial charge in [-0.3, -0.25) is 0 Å². The molecule has 0 amide bonds. The predicted molar refractivity (Wildman–Crippen MR) is 56.0 cm³/mol. The molecule has 3 rings (SSSR count). The van der Waals surface area contributed by atoms with Crippen molar-refractivity contribution in [3.8, 4) is 0 Å². The topological polar surface area (TPSA) is 13.1 Å². The number of benzene rings is 1. The van der Waals surface area contributed by atoms with Crippen LogP contribution in [0.3, 0.4) is 0 Å². The molecule has 1 atom stereocenters.